The van der Waals surface area contributed by atoms with Crippen molar-refractivity contribution in [2.75, 3.05) is 72.0 Å². The molecule has 1 aliphatic heterocycles. The summed E-state index contributed by atoms with van der Waals surface area (Å²) in [6.07, 6.45) is 1.15. The van der Waals surface area contributed by atoms with Gasteiger partial charge in [-0.05, 0) is 88.2 Å². The maximum absolute atomic E-state index is 14.3. The van der Waals surface area contributed by atoms with Crippen molar-refractivity contribution in [3.63, 3.8) is 0 Å². The highest BCUT2D eigenvalue weighted by molar-refractivity contribution is 7.86. The van der Waals surface area contributed by atoms with E-state index >= 15 is 0 Å². The van der Waals surface area contributed by atoms with Gasteiger partial charge < -0.3 is 38.4 Å². The molecule has 1 saturated heterocycles. The SMILES string of the molecule is CCOC(=O)c1c(CCCOc2cccc3ccccc23)c2cccc(-c3c(CO)nn(C)c3COc3ccc(N4CCN(S(=O)(=O)N(C)C)CC4)cc3)c2n1CCCN(C)C(=O)OC(C)(C)C. The lowest BCUT2D eigenvalue weighted by Gasteiger charge is -2.36. The first kappa shape index (κ1) is 49.8. The van der Waals surface area contributed by atoms with Gasteiger partial charge in [-0.1, -0.05) is 54.6 Å². The number of aromatic nitrogens is 3. The number of nitrogens with zero attached hydrogens (tertiary/aromatic N) is 7. The molecule has 0 atom stereocenters. The van der Waals surface area contributed by atoms with Gasteiger partial charge in [0.05, 0.1) is 36.7 Å². The van der Waals surface area contributed by atoms with Crippen molar-refractivity contribution in [1.29, 1.82) is 0 Å². The Labute approximate surface area is 399 Å². The Bertz CT molecular complexity index is 2820. The van der Waals surface area contributed by atoms with Gasteiger partial charge in [-0.15, -0.1) is 0 Å². The molecule has 0 saturated carbocycles. The van der Waals surface area contributed by atoms with Crippen LogP contribution in [0.5, 0.6) is 11.5 Å². The Hall–Kier alpha value is -6.14. The Morgan fingerprint density at radius 2 is 1.54 bits per heavy atom. The molecule has 7 rings (SSSR count). The van der Waals surface area contributed by atoms with Crippen LogP contribution in [0.1, 0.15) is 68.0 Å². The van der Waals surface area contributed by atoms with Gasteiger partial charge >= 0.3 is 12.1 Å². The van der Waals surface area contributed by atoms with E-state index in [1.54, 1.807) is 37.6 Å². The number of para-hydroxylation sites is 1. The largest absolute Gasteiger partial charge is 0.493 e. The molecule has 364 valence electrons. The van der Waals surface area contributed by atoms with Crippen LogP contribution in [0.25, 0.3) is 32.8 Å². The molecule has 0 spiro atoms. The van der Waals surface area contributed by atoms with E-state index in [4.69, 9.17) is 24.0 Å². The van der Waals surface area contributed by atoms with Crippen LogP contribution < -0.4 is 14.4 Å². The number of hydrogen-bond acceptors (Lipinski definition) is 11. The number of aliphatic hydroxyl groups is 1. The highest BCUT2D eigenvalue weighted by atomic mass is 32.2. The predicted octanol–water partition coefficient (Wildman–Crippen LogP) is 7.64. The number of ether oxygens (including phenoxy) is 4. The molecule has 0 unspecified atom stereocenters. The summed E-state index contributed by atoms with van der Waals surface area (Å²) in [6, 6.07) is 27.8. The van der Waals surface area contributed by atoms with Crippen LogP contribution in [0, 0.1) is 0 Å². The summed E-state index contributed by atoms with van der Waals surface area (Å²) in [7, 11) is 3.13. The van der Waals surface area contributed by atoms with E-state index in [0.29, 0.717) is 93.5 Å². The van der Waals surface area contributed by atoms with Crippen LogP contribution in [0.3, 0.4) is 0 Å². The molecule has 17 heteroatoms. The summed E-state index contributed by atoms with van der Waals surface area (Å²) in [5.74, 6) is 0.954. The number of carbonyl (C=O) groups excluding carboxylic acids is 2. The lowest BCUT2D eigenvalue weighted by Crippen LogP contribution is -2.51. The fraction of sp³-hybridized carbons (Fsp3) is 0.431. The fourth-order valence-electron chi connectivity index (χ4n) is 8.76. The topological polar surface area (TPSA) is 161 Å². The lowest BCUT2D eigenvalue weighted by atomic mass is 9.98. The van der Waals surface area contributed by atoms with Crippen LogP contribution in [0.2, 0.25) is 0 Å². The van der Waals surface area contributed by atoms with Gasteiger partial charge in [-0.3, -0.25) is 4.68 Å². The molecular weight excluding hydrogens is 887 g/mol. The van der Waals surface area contributed by atoms with Crippen LogP contribution in [-0.2, 0) is 52.9 Å². The Kier molecular flexibility index (Phi) is 15.7. The van der Waals surface area contributed by atoms with Crippen molar-refractivity contribution in [3.05, 3.63) is 108 Å². The highest BCUT2D eigenvalue weighted by Gasteiger charge is 2.31. The molecule has 1 N–H and O–H groups in total. The van der Waals surface area contributed by atoms with Crippen LogP contribution in [0.4, 0.5) is 10.5 Å². The number of anilines is 1. The van der Waals surface area contributed by atoms with Crippen molar-refractivity contribution < 1.29 is 42.1 Å². The highest BCUT2D eigenvalue weighted by Crippen LogP contribution is 2.39. The molecule has 1 amide bonds. The van der Waals surface area contributed by atoms with Crippen molar-refractivity contribution in [2.24, 2.45) is 7.05 Å². The number of amides is 1. The van der Waals surface area contributed by atoms with Gasteiger partial charge in [-0.25, -0.2) is 9.59 Å². The molecule has 0 bridgehead atoms. The Morgan fingerprint density at radius 1 is 0.853 bits per heavy atom. The molecule has 68 heavy (non-hydrogen) atoms. The first-order chi connectivity index (χ1) is 32.5. The monoisotopic (exact) mass is 951 g/mol. The average molecular weight is 952 g/mol. The Morgan fingerprint density at radius 3 is 2.24 bits per heavy atom. The van der Waals surface area contributed by atoms with Crippen molar-refractivity contribution in [1.82, 2.24) is 27.9 Å². The number of hydrogen-bond donors (Lipinski definition) is 1. The first-order valence-electron chi connectivity index (χ1n) is 23.2. The molecule has 0 radical (unpaired) electrons. The molecule has 0 aliphatic carbocycles. The smallest absolute Gasteiger partial charge is 0.410 e. The van der Waals surface area contributed by atoms with Gasteiger partial charge in [-0.2, -0.15) is 22.1 Å². The van der Waals surface area contributed by atoms with E-state index in [2.05, 4.69) is 17.0 Å². The van der Waals surface area contributed by atoms with Crippen LogP contribution in [0.15, 0.2) is 84.9 Å². The second kappa shape index (κ2) is 21.4. The molecule has 16 nitrogen and oxygen atoms in total. The van der Waals surface area contributed by atoms with Crippen molar-refractivity contribution in [2.45, 2.75) is 72.3 Å². The summed E-state index contributed by atoms with van der Waals surface area (Å²) in [5, 5.41) is 18.6. The maximum Gasteiger partial charge on any atom is 0.410 e. The number of esters is 1. The normalized spacial score (nSPS) is 13.6. The Balaban J connectivity index is 1.21. The van der Waals surface area contributed by atoms with Gasteiger partial charge in [0.1, 0.15) is 29.4 Å². The van der Waals surface area contributed by atoms with Gasteiger partial charge in [0.15, 0.2) is 0 Å². The summed E-state index contributed by atoms with van der Waals surface area (Å²) >= 11 is 0. The number of piperazine rings is 1. The molecule has 2 aromatic heterocycles. The van der Waals surface area contributed by atoms with Crippen LogP contribution in [-0.4, -0.2) is 126 Å². The molecule has 6 aromatic rings. The molecule has 4 aromatic carbocycles. The van der Waals surface area contributed by atoms with Gasteiger partial charge in [0.2, 0.25) is 0 Å². The molecule has 1 fully saturated rings. The number of fused-ring (bicyclic) bond motifs is 2. The first-order valence-corrected chi connectivity index (χ1v) is 24.6. The van der Waals surface area contributed by atoms with E-state index in [-0.39, 0.29) is 19.8 Å². The predicted molar refractivity (Wildman–Crippen MR) is 264 cm³/mol. The number of aryl methyl sites for hydroxylation is 3. The second-order valence-corrected chi connectivity index (χ2v) is 20.2. The second-order valence-electron chi connectivity index (χ2n) is 18.1. The quantitative estimate of drug-likeness (QED) is 0.0628. The zero-order valence-electron chi connectivity index (χ0n) is 40.5. The van der Waals surface area contributed by atoms with Crippen LogP contribution >= 0.6 is 0 Å². The average Bonchev–Trinajstić information content (AvgIpc) is 3.82. The van der Waals surface area contributed by atoms with Crippen molar-refractivity contribution >= 4 is 49.6 Å². The number of rotatable bonds is 19. The van der Waals surface area contributed by atoms with E-state index in [9.17, 15) is 23.1 Å². The lowest BCUT2D eigenvalue weighted by molar-refractivity contribution is 0.0294. The summed E-state index contributed by atoms with van der Waals surface area (Å²) < 4.78 is 56.0. The fourth-order valence-corrected chi connectivity index (χ4v) is 9.85. The third-order valence-electron chi connectivity index (χ3n) is 12.1. The van der Waals surface area contributed by atoms with Gasteiger partial charge in [0, 0.05) is 95.0 Å². The summed E-state index contributed by atoms with van der Waals surface area (Å²) in [6.45, 7) is 10.2. The third-order valence-corrected chi connectivity index (χ3v) is 14.0. The third kappa shape index (κ3) is 11.1. The molecular formula is C51H65N7O9S. The van der Waals surface area contributed by atoms with E-state index < -0.39 is 27.9 Å². The minimum atomic E-state index is -3.48. The van der Waals surface area contributed by atoms with Gasteiger partial charge in [0.25, 0.3) is 10.2 Å². The van der Waals surface area contributed by atoms with Crippen molar-refractivity contribution in [3.8, 4) is 22.6 Å². The summed E-state index contributed by atoms with van der Waals surface area (Å²) in [4.78, 5) is 31.0. The minimum Gasteiger partial charge on any atom is -0.493 e. The number of aliphatic hydroxyl groups excluding tert-OH is 1. The minimum absolute atomic E-state index is 0.111. The summed E-state index contributed by atoms with van der Waals surface area (Å²) in [5.41, 5.74) is 4.92. The molecule has 1 aliphatic rings. The zero-order valence-corrected chi connectivity index (χ0v) is 41.3. The van der Waals surface area contributed by atoms with E-state index in [1.165, 1.54) is 8.61 Å². The number of carbonyl (C=O) groups is 2. The van der Waals surface area contributed by atoms with E-state index in [1.807, 2.05) is 105 Å². The number of benzene rings is 4. The standard InChI is InChI=1S/C51H65N7O9S/c1-9-64-49(60)48-41(21-14-33-65-45-22-12-17-36-16-10-11-18-39(36)45)40-19-13-20-42(47(40)58(48)28-15-27-54(7)50(61)67-51(2,3)4)46-43(34-59)52-55(8)44(46)35-66-38-25-23-37(24-26-38)56-29-31-57(32-30-56)68(62,63)53(5)6/h10-13,16-20,22-26,59H,9,14-15,21,27-35H2,1-8H3. The molecule has 3 heterocycles. The maximum atomic E-state index is 14.3. The zero-order chi connectivity index (χ0) is 48.8. The van der Waals surface area contributed by atoms with E-state index in [0.717, 1.165) is 44.2 Å².